The number of halogens is 1. The van der Waals surface area contributed by atoms with Gasteiger partial charge in [0, 0.05) is 6.54 Å². The van der Waals surface area contributed by atoms with Crippen LogP contribution in [0.25, 0.3) is 11.0 Å². The van der Waals surface area contributed by atoms with Gasteiger partial charge in [-0.15, -0.1) is 11.6 Å². The third kappa shape index (κ3) is 2.96. The van der Waals surface area contributed by atoms with Crippen molar-refractivity contribution >= 4 is 22.6 Å². The van der Waals surface area contributed by atoms with Crippen LogP contribution in [0.5, 0.6) is 0 Å². The Bertz CT molecular complexity index is 609. The molecule has 0 spiro atoms. The van der Waals surface area contributed by atoms with Crippen LogP contribution in [0.4, 0.5) is 0 Å². The lowest BCUT2D eigenvalue weighted by Gasteiger charge is -2.32. The highest BCUT2D eigenvalue weighted by atomic mass is 35.5. The number of hydrogen-bond acceptors (Lipinski definition) is 1. The van der Waals surface area contributed by atoms with Crippen molar-refractivity contribution in [1.82, 2.24) is 9.55 Å². The minimum absolute atomic E-state index is 0.443. The van der Waals surface area contributed by atoms with E-state index in [0.29, 0.717) is 11.3 Å². The van der Waals surface area contributed by atoms with E-state index < -0.39 is 0 Å². The molecule has 2 nitrogen and oxygen atoms in total. The SMILES string of the molecule is CC(C)CC1(Cn2c(CCl)nc3ccccc32)CCCC1. The molecule has 2 aromatic rings. The van der Waals surface area contributed by atoms with Crippen molar-refractivity contribution in [3.8, 4) is 0 Å². The predicted molar refractivity (Wildman–Crippen MR) is 89.6 cm³/mol. The third-order valence-corrected chi connectivity index (χ3v) is 5.09. The molecular formula is C18H25ClN2. The first kappa shape index (κ1) is 14.9. The molecule has 0 amide bonds. The van der Waals surface area contributed by atoms with Gasteiger partial charge in [-0.2, -0.15) is 0 Å². The van der Waals surface area contributed by atoms with Gasteiger partial charge in [-0.25, -0.2) is 4.98 Å². The lowest BCUT2D eigenvalue weighted by Crippen LogP contribution is -2.26. The van der Waals surface area contributed by atoms with Crippen LogP contribution in [0.2, 0.25) is 0 Å². The van der Waals surface area contributed by atoms with Crippen molar-refractivity contribution in [3.05, 3.63) is 30.1 Å². The maximum atomic E-state index is 6.16. The van der Waals surface area contributed by atoms with Gasteiger partial charge in [0.15, 0.2) is 0 Å². The Morgan fingerprint density at radius 3 is 2.62 bits per heavy atom. The molecule has 3 heteroatoms. The number of aromatic nitrogens is 2. The number of benzene rings is 1. The molecule has 21 heavy (non-hydrogen) atoms. The van der Waals surface area contributed by atoms with Crippen molar-refractivity contribution in [2.24, 2.45) is 11.3 Å². The van der Waals surface area contributed by atoms with Crippen molar-refractivity contribution < 1.29 is 0 Å². The highest BCUT2D eigenvalue weighted by Crippen LogP contribution is 2.45. The van der Waals surface area contributed by atoms with Crippen molar-refractivity contribution in [1.29, 1.82) is 0 Å². The Morgan fingerprint density at radius 2 is 1.95 bits per heavy atom. The summed E-state index contributed by atoms with van der Waals surface area (Å²) in [5.41, 5.74) is 2.76. The number of alkyl halides is 1. The highest BCUT2D eigenvalue weighted by molar-refractivity contribution is 6.16. The maximum Gasteiger partial charge on any atom is 0.124 e. The van der Waals surface area contributed by atoms with Gasteiger partial charge in [0.1, 0.15) is 5.82 Å². The van der Waals surface area contributed by atoms with E-state index in [1.807, 2.05) is 0 Å². The average molecular weight is 305 g/mol. The molecule has 1 fully saturated rings. The molecule has 0 aliphatic heterocycles. The van der Waals surface area contributed by atoms with E-state index in [0.717, 1.165) is 23.8 Å². The monoisotopic (exact) mass is 304 g/mol. The first-order valence-electron chi connectivity index (χ1n) is 8.14. The van der Waals surface area contributed by atoms with E-state index in [9.17, 15) is 0 Å². The lowest BCUT2D eigenvalue weighted by molar-refractivity contribution is 0.198. The van der Waals surface area contributed by atoms with E-state index in [1.165, 1.54) is 37.6 Å². The molecule has 1 aromatic carbocycles. The summed E-state index contributed by atoms with van der Waals surface area (Å²) in [6, 6.07) is 8.42. The van der Waals surface area contributed by atoms with Crippen molar-refractivity contribution in [3.63, 3.8) is 0 Å². The molecule has 0 unspecified atom stereocenters. The summed E-state index contributed by atoms with van der Waals surface area (Å²) in [5, 5.41) is 0. The Balaban J connectivity index is 1.99. The lowest BCUT2D eigenvalue weighted by atomic mass is 9.78. The molecular weight excluding hydrogens is 280 g/mol. The second-order valence-electron chi connectivity index (χ2n) is 7.04. The largest absolute Gasteiger partial charge is 0.326 e. The molecule has 0 N–H and O–H groups in total. The zero-order chi connectivity index (χ0) is 14.9. The first-order chi connectivity index (χ1) is 10.1. The van der Waals surface area contributed by atoms with Gasteiger partial charge in [-0.3, -0.25) is 0 Å². The maximum absolute atomic E-state index is 6.16. The molecule has 0 radical (unpaired) electrons. The quantitative estimate of drug-likeness (QED) is 0.678. The van der Waals surface area contributed by atoms with Crippen molar-refractivity contribution in [2.45, 2.75) is 58.4 Å². The summed E-state index contributed by atoms with van der Waals surface area (Å²) >= 11 is 6.16. The minimum atomic E-state index is 0.443. The molecule has 0 bridgehead atoms. The standard InChI is InChI=1S/C18H25ClN2/c1-14(2)11-18(9-5-6-10-18)13-21-16-8-4-3-7-15(16)20-17(21)12-19/h3-4,7-8,14H,5-6,9-13H2,1-2H3. The van der Waals surface area contributed by atoms with Gasteiger partial charge in [0.2, 0.25) is 0 Å². The Hall–Kier alpha value is -1.02. The normalized spacial score (nSPS) is 17.9. The van der Waals surface area contributed by atoms with E-state index in [4.69, 9.17) is 16.6 Å². The topological polar surface area (TPSA) is 17.8 Å². The van der Waals surface area contributed by atoms with Crippen LogP contribution in [0.3, 0.4) is 0 Å². The van der Waals surface area contributed by atoms with E-state index >= 15 is 0 Å². The summed E-state index contributed by atoms with van der Waals surface area (Å²) in [4.78, 5) is 4.71. The van der Waals surface area contributed by atoms with E-state index in [1.54, 1.807) is 0 Å². The molecule has 1 aromatic heterocycles. The van der Waals surface area contributed by atoms with Gasteiger partial charge in [0.25, 0.3) is 0 Å². The van der Waals surface area contributed by atoms with Crippen LogP contribution in [-0.2, 0) is 12.4 Å². The van der Waals surface area contributed by atoms with E-state index in [-0.39, 0.29) is 0 Å². The fourth-order valence-electron chi connectivity index (χ4n) is 4.16. The van der Waals surface area contributed by atoms with Gasteiger partial charge >= 0.3 is 0 Å². The second-order valence-corrected chi connectivity index (χ2v) is 7.31. The number of para-hydroxylation sites is 2. The number of rotatable bonds is 5. The predicted octanol–water partition coefficient (Wildman–Crippen LogP) is 5.38. The number of fused-ring (bicyclic) bond motifs is 1. The van der Waals surface area contributed by atoms with Crippen LogP contribution < -0.4 is 0 Å². The van der Waals surface area contributed by atoms with Crippen LogP contribution in [0, 0.1) is 11.3 Å². The molecule has 1 heterocycles. The van der Waals surface area contributed by atoms with Gasteiger partial charge in [0.05, 0.1) is 16.9 Å². The fraction of sp³-hybridized carbons (Fsp3) is 0.611. The molecule has 0 atom stereocenters. The van der Waals surface area contributed by atoms with Gasteiger partial charge < -0.3 is 4.57 Å². The zero-order valence-corrected chi connectivity index (χ0v) is 13.9. The van der Waals surface area contributed by atoms with Gasteiger partial charge in [-0.1, -0.05) is 38.8 Å². The average Bonchev–Trinajstić information content (AvgIpc) is 3.04. The summed E-state index contributed by atoms with van der Waals surface area (Å²) in [7, 11) is 0. The van der Waals surface area contributed by atoms with Gasteiger partial charge in [-0.05, 0) is 42.7 Å². The summed E-state index contributed by atoms with van der Waals surface area (Å²) < 4.78 is 2.38. The van der Waals surface area contributed by atoms with Crippen molar-refractivity contribution in [2.75, 3.05) is 0 Å². The van der Waals surface area contributed by atoms with Crippen LogP contribution in [-0.4, -0.2) is 9.55 Å². The Morgan fingerprint density at radius 1 is 1.24 bits per heavy atom. The van der Waals surface area contributed by atoms with Crippen LogP contribution >= 0.6 is 11.6 Å². The second kappa shape index (κ2) is 6.00. The molecule has 1 aliphatic rings. The summed E-state index contributed by atoms with van der Waals surface area (Å²) in [5.74, 6) is 2.26. The summed E-state index contributed by atoms with van der Waals surface area (Å²) in [6.45, 7) is 5.76. The first-order valence-corrected chi connectivity index (χ1v) is 8.67. The number of imidazole rings is 1. The molecule has 1 aliphatic carbocycles. The smallest absolute Gasteiger partial charge is 0.124 e. The molecule has 1 saturated carbocycles. The Labute approximate surface area is 132 Å². The van der Waals surface area contributed by atoms with E-state index in [2.05, 4.69) is 42.7 Å². The fourth-order valence-corrected chi connectivity index (χ4v) is 4.36. The highest BCUT2D eigenvalue weighted by Gasteiger charge is 2.35. The third-order valence-electron chi connectivity index (χ3n) is 4.85. The molecule has 114 valence electrons. The van der Waals surface area contributed by atoms with Crippen LogP contribution in [0.15, 0.2) is 24.3 Å². The molecule has 0 saturated heterocycles. The summed E-state index contributed by atoms with van der Waals surface area (Å²) in [6.07, 6.45) is 6.74. The Kier molecular flexibility index (Phi) is 4.26. The number of hydrogen-bond donors (Lipinski definition) is 0. The number of nitrogens with zero attached hydrogens (tertiary/aromatic N) is 2. The van der Waals surface area contributed by atoms with Crippen LogP contribution in [0.1, 0.15) is 51.8 Å². The molecule has 3 rings (SSSR count). The zero-order valence-electron chi connectivity index (χ0n) is 13.1. The minimum Gasteiger partial charge on any atom is -0.326 e.